The Morgan fingerprint density at radius 1 is 1.37 bits per heavy atom. The van der Waals surface area contributed by atoms with Gasteiger partial charge in [0.15, 0.2) is 5.69 Å². The number of aromatic nitrogens is 2. The van der Waals surface area contributed by atoms with Gasteiger partial charge >= 0.3 is 5.97 Å². The summed E-state index contributed by atoms with van der Waals surface area (Å²) in [6.07, 6.45) is 0. The van der Waals surface area contributed by atoms with Gasteiger partial charge in [-0.1, -0.05) is 25.4 Å². The maximum Gasteiger partial charge on any atom is 0.356 e. The van der Waals surface area contributed by atoms with Gasteiger partial charge < -0.3 is 10.2 Å². The van der Waals surface area contributed by atoms with Crippen molar-refractivity contribution in [2.24, 2.45) is 0 Å². The monoisotopic (exact) mass is 280 g/mol. The molecule has 2 N–H and O–H groups in total. The number of halogens is 1. The van der Waals surface area contributed by atoms with Crippen LogP contribution >= 0.6 is 11.6 Å². The second kappa shape index (κ2) is 4.93. The van der Waals surface area contributed by atoms with Gasteiger partial charge in [0, 0.05) is 10.7 Å². The van der Waals surface area contributed by atoms with Crippen LogP contribution in [0.1, 0.15) is 35.9 Å². The molecule has 0 spiro atoms. The first-order valence-corrected chi connectivity index (χ1v) is 6.10. The molecule has 0 aliphatic carbocycles. The molecule has 1 heterocycles. The maximum atomic E-state index is 11.0. The van der Waals surface area contributed by atoms with Crippen LogP contribution in [0.5, 0.6) is 5.75 Å². The van der Waals surface area contributed by atoms with Crippen molar-refractivity contribution < 1.29 is 15.0 Å². The lowest BCUT2D eigenvalue weighted by Gasteiger charge is -2.11. The minimum atomic E-state index is -1.11. The fourth-order valence-corrected chi connectivity index (χ4v) is 1.94. The number of hydrogen-bond acceptors (Lipinski definition) is 3. The van der Waals surface area contributed by atoms with Crippen LogP contribution in [0.25, 0.3) is 5.69 Å². The van der Waals surface area contributed by atoms with E-state index < -0.39 is 5.97 Å². The van der Waals surface area contributed by atoms with Gasteiger partial charge in [-0.3, -0.25) is 0 Å². The molecule has 0 amide bonds. The third-order valence-electron chi connectivity index (χ3n) is 2.71. The van der Waals surface area contributed by atoms with Crippen molar-refractivity contribution in [1.82, 2.24) is 9.78 Å². The van der Waals surface area contributed by atoms with Gasteiger partial charge in [0.05, 0.1) is 0 Å². The SMILES string of the molecule is CC(C)c1cc(C(=O)O)nn1-c1cc(Cl)ccc1O. The van der Waals surface area contributed by atoms with E-state index in [1.807, 2.05) is 13.8 Å². The van der Waals surface area contributed by atoms with Gasteiger partial charge in [0.1, 0.15) is 11.4 Å². The zero-order valence-electron chi connectivity index (χ0n) is 10.5. The van der Waals surface area contributed by atoms with Gasteiger partial charge in [-0.25, -0.2) is 9.48 Å². The van der Waals surface area contributed by atoms with Crippen LogP contribution in [0.4, 0.5) is 0 Å². The van der Waals surface area contributed by atoms with Crippen molar-refractivity contribution in [3.8, 4) is 11.4 Å². The molecule has 0 atom stereocenters. The second-order valence-electron chi connectivity index (χ2n) is 4.46. The van der Waals surface area contributed by atoms with Crippen LogP contribution in [0.2, 0.25) is 5.02 Å². The van der Waals surface area contributed by atoms with E-state index in [1.165, 1.54) is 16.8 Å². The molecule has 6 heteroatoms. The van der Waals surface area contributed by atoms with E-state index in [-0.39, 0.29) is 17.4 Å². The zero-order chi connectivity index (χ0) is 14.2. The predicted molar refractivity (Wildman–Crippen MR) is 71.3 cm³/mol. The molecule has 5 nitrogen and oxygen atoms in total. The van der Waals surface area contributed by atoms with E-state index in [1.54, 1.807) is 12.1 Å². The Hall–Kier alpha value is -2.01. The van der Waals surface area contributed by atoms with Crippen LogP contribution in [0, 0.1) is 0 Å². The highest BCUT2D eigenvalue weighted by molar-refractivity contribution is 6.30. The number of nitrogens with zero attached hydrogens (tertiary/aromatic N) is 2. The summed E-state index contributed by atoms with van der Waals surface area (Å²) in [5.74, 6) is -1.06. The Bertz CT molecular complexity index is 635. The van der Waals surface area contributed by atoms with E-state index in [9.17, 15) is 9.90 Å². The first-order valence-electron chi connectivity index (χ1n) is 5.72. The van der Waals surface area contributed by atoms with Crippen LogP contribution in [-0.4, -0.2) is 26.0 Å². The summed E-state index contributed by atoms with van der Waals surface area (Å²) >= 11 is 5.90. The van der Waals surface area contributed by atoms with Gasteiger partial charge in [0.2, 0.25) is 0 Å². The quantitative estimate of drug-likeness (QED) is 0.906. The number of aromatic carboxylic acids is 1. The Morgan fingerprint density at radius 3 is 2.63 bits per heavy atom. The van der Waals surface area contributed by atoms with E-state index >= 15 is 0 Å². The maximum absolute atomic E-state index is 11.0. The number of carboxylic acids is 1. The second-order valence-corrected chi connectivity index (χ2v) is 4.90. The van der Waals surface area contributed by atoms with E-state index in [2.05, 4.69) is 5.10 Å². The number of rotatable bonds is 3. The molecule has 1 aromatic heterocycles. The summed E-state index contributed by atoms with van der Waals surface area (Å²) in [7, 11) is 0. The van der Waals surface area contributed by atoms with Crippen LogP contribution in [0.15, 0.2) is 24.3 Å². The summed E-state index contributed by atoms with van der Waals surface area (Å²) in [6.45, 7) is 3.83. The molecule has 0 unspecified atom stereocenters. The summed E-state index contributed by atoms with van der Waals surface area (Å²) < 4.78 is 1.41. The van der Waals surface area contributed by atoms with Gasteiger partial charge in [-0.05, 0) is 30.2 Å². The summed E-state index contributed by atoms with van der Waals surface area (Å²) in [6, 6.07) is 6.04. The molecule has 1 aromatic carbocycles. The molecule has 2 rings (SSSR count). The van der Waals surface area contributed by atoms with Gasteiger partial charge in [-0.15, -0.1) is 0 Å². The first-order chi connectivity index (χ1) is 8.90. The van der Waals surface area contributed by atoms with E-state index in [4.69, 9.17) is 16.7 Å². The number of hydrogen-bond donors (Lipinski definition) is 2. The smallest absolute Gasteiger partial charge is 0.356 e. The summed E-state index contributed by atoms with van der Waals surface area (Å²) in [4.78, 5) is 11.0. The fourth-order valence-electron chi connectivity index (χ4n) is 1.77. The number of phenols is 1. The third-order valence-corrected chi connectivity index (χ3v) is 2.95. The number of phenolic OH excluding ortho intramolecular Hbond substituents is 1. The normalized spacial score (nSPS) is 10.9. The number of benzene rings is 1. The first kappa shape index (κ1) is 13.4. The number of carboxylic acid groups (broad SMARTS) is 1. The molecule has 0 radical (unpaired) electrons. The molecule has 2 aromatic rings. The Balaban J connectivity index is 2.66. The van der Waals surface area contributed by atoms with Crippen molar-refractivity contribution in [1.29, 1.82) is 0 Å². The molecular formula is C13H13ClN2O3. The number of aromatic hydroxyl groups is 1. The predicted octanol–water partition coefficient (Wildman–Crippen LogP) is 3.05. The Morgan fingerprint density at radius 2 is 2.05 bits per heavy atom. The lowest BCUT2D eigenvalue weighted by atomic mass is 10.1. The minimum absolute atomic E-state index is 0.00802. The van der Waals surface area contributed by atoms with Crippen molar-refractivity contribution in [2.75, 3.05) is 0 Å². The molecular weight excluding hydrogens is 268 g/mol. The Labute approximate surface area is 115 Å². The summed E-state index contributed by atoms with van der Waals surface area (Å²) in [5.41, 5.74) is 0.988. The van der Waals surface area contributed by atoms with E-state index in [0.29, 0.717) is 16.4 Å². The van der Waals surface area contributed by atoms with E-state index in [0.717, 1.165) is 0 Å². The topological polar surface area (TPSA) is 75.3 Å². The molecule has 0 saturated carbocycles. The largest absolute Gasteiger partial charge is 0.506 e. The van der Waals surface area contributed by atoms with Crippen LogP contribution in [0.3, 0.4) is 0 Å². The third kappa shape index (κ3) is 2.56. The van der Waals surface area contributed by atoms with Gasteiger partial charge in [0.25, 0.3) is 0 Å². The minimum Gasteiger partial charge on any atom is -0.506 e. The van der Waals surface area contributed by atoms with Crippen LogP contribution < -0.4 is 0 Å². The fraction of sp³-hybridized carbons (Fsp3) is 0.231. The van der Waals surface area contributed by atoms with Gasteiger partial charge in [-0.2, -0.15) is 5.10 Å². The lowest BCUT2D eigenvalue weighted by molar-refractivity contribution is 0.0690. The zero-order valence-corrected chi connectivity index (χ0v) is 11.2. The van der Waals surface area contributed by atoms with Crippen LogP contribution in [-0.2, 0) is 0 Å². The van der Waals surface area contributed by atoms with Crippen molar-refractivity contribution in [3.05, 3.63) is 40.7 Å². The molecule has 0 fully saturated rings. The molecule has 0 aliphatic heterocycles. The van der Waals surface area contributed by atoms with Crippen molar-refractivity contribution >= 4 is 17.6 Å². The van der Waals surface area contributed by atoms with Crippen molar-refractivity contribution in [3.63, 3.8) is 0 Å². The summed E-state index contributed by atoms with van der Waals surface area (Å²) in [5, 5.41) is 23.3. The molecule has 0 bridgehead atoms. The van der Waals surface area contributed by atoms with Crippen molar-refractivity contribution in [2.45, 2.75) is 19.8 Å². The lowest BCUT2D eigenvalue weighted by Crippen LogP contribution is -2.05. The molecule has 100 valence electrons. The highest BCUT2D eigenvalue weighted by Gasteiger charge is 2.18. The average molecular weight is 281 g/mol. The molecule has 0 aliphatic rings. The Kier molecular flexibility index (Phi) is 3.48. The highest BCUT2D eigenvalue weighted by Crippen LogP contribution is 2.28. The average Bonchev–Trinajstić information content (AvgIpc) is 2.77. The molecule has 19 heavy (non-hydrogen) atoms. The highest BCUT2D eigenvalue weighted by atomic mass is 35.5. The molecule has 0 saturated heterocycles. The number of carbonyl (C=O) groups is 1. The standard InChI is InChI=1S/C13H13ClN2O3/c1-7(2)10-6-9(13(18)19)15-16(10)11-5-8(14)3-4-12(11)17/h3-7,17H,1-2H3,(H,18,19).